The van der Waals surface area contributed by atoms with Crippen molar-refractivity contribution in [2.75, 3.05) is 18.0 Å². The maximum absolute atomic E-state index is 14.3. The van der Waals surface area contributed by atoms with Gasteiger partial charge in [-0.3, -0.25) is 14.4 Å². The minimum Gasteiger partial charge on any atom is -0.450 e. The quantitative estimate of drug-likeness (QED) is 0.412. The molecular weight excluding hydrogens is 524 g/mol. The first kappa shape index (κ1) is 22.7. The van der Waals surface area contributed by atoms with Gasteiger partial charge in [0, 0.05) is 16.6 Å². The van der Waals surface area contributed by atoms with Gasteiger partial charge in [-0.05, 0) is 36.8 Å². The molecule has 7 nitrogen and oxygen atoms in total. The Balaban J connectivity index is 1.67. The third kappa shape index (κ3) is 2.91. The van der Waals surface area contributed by atoms with E-state index in [-0.39, 0.29) is 28.8 Å². The summed E-state index contributed by atoms with van der Waals surface area (Å²) in [4.78, 5) is 45.1. The van der Waals surface area contributed by atoms with E-state index in [0.29, 0.717) is 27.8 Å². The minimum atomic E-state index is -1.74. The molecule has 2 atom stereocenters. The van der Waals surface area contributed by atoms with Crippen LogP contribution >= 0.6 is 15.9 Å². The highest BCUT2D eigenvalue weighted by molar-refractivity contribution is 9.10. The molecule has 0 saturated carbocycles. The van der Waals surface area contributed by atoms with Gasteiger partial charge in [-0.25, -0.2) is 0 Å². The van der Waals surface area contributed by atoms with E-state index in [1.807, 2.05) is 19.1 Å². The third-order valence-corrected chi connectivity index (χ3v) is 7.55. The van der Waals surface area contributed by atoms with Crippen LogP contribution in [0.2, 0.25) is 0 Å². The van der Waals surface area contributed by atoms with Crippen molar-refractivity contribution in [3.05, 3.63) is 110 Å². The number of hydrogen-bond acceptors (Lipinski definition) is 5. The second-order valence-electron chi connectivity index (χ2n) is 8.90. The molecule has 2 aliphatic heterocycles. The van der Waals surface area contributed by atoms with Crippen LogP contribution in [-0.2, 0) is 10.3 Å². The number of nitrogens with zero attached hydrogens (tertiary/aromatic N) is 2. The summed E-state index contributed by atoms with van der Waals surface area (Å²) in [7, 11) is 0. The number of β-amino-alcohol motifs (C(OH)–C–C–N with tert-alkyl or cyclic N) is 1. The number of aliphatic hydroxyl groups excluding tert-OH is 1. The number of amides is 2. The van der Waals surface area contributed by atoms with Crippen LogP contribution in [0.25, 0.3) is 11.0 Å². The molecule has 1 N–H and O–H groups in total. The zero-order valence-electron chi connectivity index (χ0n) is 19.3. The Morgan fingerprint density at radius 3 is 2.47 bits per heavy atom. The first-order valence-corrected chi connectivity index (χ1v) is 12.4. The van der Waals surface area contributed by atoms with Gasteiger partial charge in [-0.2, -0.15) is 0 Å². The number of aliphatic hydroxyl groups is 1. The predicted octanol–water partition coefficient (Wildman–Crippen LogP) is 4.36. The summed E-state index contributed by atoms with van der Waals surface area (Å²) in [5, 5.41) is 11.4. The number of likely N-dealkylation sites (N-methyl/N-ethyl adjacent to an activating group) is 1. The molecule has 0 saturated heterocycles. The lowest BCUT2D eigenvalue weighted by atomic mass is 9.83. The van der Waals surface area contributed by atoms with Gasteiger partial charge in [0.15, 0.2) is 11.0 Å². The maximum Gasteiger partial charge on any atom is 0.291 e. The number of halogens is 1. The van der Waals surface area contributed by atoms with Gasteiger partial charge in [-0.1, -0.05) is 64.5 Å². The molecule has 1 aromatic heterocycles. The van der Waals surface area contributed by atoms with E-state index < -0.39 is 28.9 Å². The Kier molecular flexibility index (Phi) is 5.14. The van der Waals surface area contributed by atoms with Crippen molar-refractivity contribution in [2.45, 2.75) is 18.6 Å². The summed E-state index contributed by atoms with van der Waals surface area (Å²) in [5.41, 5.74) is -0.209. The number of carbonyl (C=O) groups excluding carboxylic acids is 2. The van der Waals surface area contributed by atoms with Crippen LogP contribution in [0.1, 0.15) is 40.3 Å². The van der Waals surface area contributed by atoms with Crippen LogP contribution in [-0.4, -0.2) is 34.9 Å². The molecule has 1 spiro atoms. The Hall–Kier alpha value is -3.75. The van der Waals surface area contributed by atoms with Crippen LogP contribution in [0.3, 0.4) is 0 Å². The molecule has 0 bridgehead atoms. The lowest BCUT2D eigenvalue weighted by molar-refractivity contribution is -0.126. The number of hydrogen-bond donors (Lipinski definition) is 1. The van der Waals surface area contributed by atoms with Crippen molar-refractivity contribution in [1.82, 2.24) is 4.90 Å². The molecule has 0 aliphatic carbocycles. The van der Waals surface area contributed by atoms with Gasteiger partial charge in [0.25, 0.3) is 11.8 Å². The first-order valence-electron chi connectivity index (χ1n) is 11.6. The summed E-state index contributed by atoms with van der Waals surface area (Å²) in [5.74, 6) is -1.19. The van der Waals surface area contributed by atoms with E-state index in [4.69, 9.17) is 4.42 Å². The fourth-order valence-electron chi connectivity index (χ4n) is 5.48. The second kappa shape index (κ2) is 8.15. The second-order valence-corrected chi connectivity index (χ2v) is 9.81. The first-order chi connectivity index (χ1) is 17.4. The predicted molar refractivity (Wildman–Crippen MR) is 138 cm³/mol. The number of para-hydroxylation sites is 1. The topological polar surface area (TPSA) is 91.1 Å². The van der Waals surface area contributed by atoms with Crippen molar-refractivity contribution in [3.8, 4) is 0 Å². The van der Waals surface area contributed by atoms with Crippen LogP contribution in [0.4, 0.5) is 5.69 Å². The molecule has 4 aromatic rings. The highest BCUT2D eigenvalue weighted by Gasteiger charge is 2.65. The number of carbonyl (C=O) groups is 2. The van der Waals surface area contributed by atoms with Gasteiger partial charge in [-0.15, -0.1) is 0 Å². The number of benzene rings is 3. The lowest BCUT2D eigenvalue weighted by Crippen LogP contribution is -2.54. The van der Waals surface area contributed by atoms with E-state index in [1.165, 1.54) is 4.90 Å². The molecule has 180 valence electrons. The highest BCUT2D eigenvalue weighted by Crippen LogP contribution is 2.52. The van der Waals surface area contributed by atoms with Crippen molar-refractivity contribution in [2.24, 2.45) is 0 Å². The Bertz CT molecular complexity index is 1620. The molecule has 2 aliphatic rings. The van der Waals surface area contributed by atoms with E-state index in [1.54, 1.807) is 65.6 Å². The minimum absolute atomic E-state index is 0.00763. The van der Waals surface area contributed by atoms with Crippen LogP contribution < -0.4 is 10.3 Å². The largest absolute Gasteiger partial charge is 0.450 e. The molecule has 0 radical (unpaired) electrons. The standard InChI is InChI=1S/C28H21BrN2O5/c1-2-30-20-11-7-6-10-19(20)28(27(30)35)23-24(33)18-14-17(29)12-13-22(18)36-25(23)26(34)31(28)15-21(32)16-8-4-3-5-9-16/h3-14,21,32H,2,15H2,1H3. The Labute approximate surface area is 214 Å². The monoisotopic (exact) mass is 544 g/mol. The fourth-order valence-corrected chi connectivity index (χ4v) is 5.84. The average molecular weight is 545 g/mol. The molecule has 3 aromatic carbocycles. The van der Waals surface area contributed by atoms with E-state index in [9.17, 15) is 19.5 Å². The van der Waals surface area contributed by atoms with E-state index >= 15 is 0 Å². The van der Waals surface area contributed by atoms with Gasteiger partial charge < -0.3 is 19.3 Å². The number of rotatable bonds is 4. The average Bonchev–Trinajstić information content (AvgIpc) is 3.29. The molecule has 2 unspecified atom stereocenters. The van der Waals surface area contributed by atoms with E-state index in [2.05, 4.69) is 15.9 Å². The summed E-state index contributed by atoms with van der Waals surface area (Å²) >= 11 is 3.40. The summed E-state index contributed by atoms with van der Waals surface area (Å²) in [6, 6.07) is 21.0. The van der Waals surface area contributed by atoms with Crippen molar-refractivity contribution in [1.29, 1.82) is 0 Å². The van der Waals surface area contributed by atoms with E-state index in [0.717, 1.165) is 0 Å². The Morgan fingerprint density at radius 1 is 1.00 bits per heavy atom. The highest BCUT2D eigenvalue weighted by atomic mass is 79.9. The summed E-state index contributed by atoms with van der Waals surface area (Å²) in [6.07, 6.45) is -1.09. The molecule has 6 rings (SSSR count). The summed E-state index contributed by atoms with van der Waals surface area (Å²) in [6.45, 7) is 1.99. The number of fused-ring (bicyclic) bond motifs is 5. The molecule has 0 fully saturated rings. The smallest absolute Gasteiger partial charge is 0.291 e. The van der Waals surface area contributed by atoms with Gasteiger partial charge in [0.2, 0.25) is 5.76 Å². The zero-order chi connectivity index (χ0) is 25.2. The molecule has 3 heterocycles. The fraction of sp³-hybridized carbons (Fsp3) is 0.179. The Morgan fingerprint density at radius 2 is 1.72 bits per heavy atom. The normalized spacial score (nSPS) is 19.3. The lowest BCUT2D eigenvalue weighted by Gasteiger charge is -2.35. The van der Waals surface area contributed by atoms with Gasteiger partial charge in [0.1, 0.15) is 5.58 Å². The SMILES string of the molecule is CCN1C(=O)C2(c3ccccc31)c1c(oc3ccc(Br)cc3c1=O)C(=O)N2CC(O)c1ccccc1. The maximum atomic E-state index is 14.3. The van der Waals surface area contributed by atoms with Crippen molar-refractivity contribution < 1.29 is 19.1 Å². The summed E-state index contributed by atoms with van der Waals surface area (Å²) < 4.78 is 6.70. The number of anilines is 1. The molecule has 2 amide bonds. The van der Waals surface area contributed by atoms with Crippen LogP contribution in [0.15, 0.2) is 86.5 Å². The van der Waals surface area contributed by atoms with Gasteiger partial charge >= 0.3 is 0 Å². The van der Waals surface area contributed by atoms with Crippen molar-refractivity contribution >= 4 is 44.4 Å². The van der Waals surface area contributed by atoms with Crippen molar-refractivity contribution in [3.63, 3.8) is 0 Å². The molecular formula is C28H21BrN2O5. The zero-order valence-corrected chi connectivity index (χ0v) is 20.9. The molecule has 8 heteroatoms. The third-order valence-electron chi connectivity index (χ3n) is 7.05. The van der Waals surface area contributed by atoms with Gasteiger partial charge in [0.05, 0.1) is 29.3 Å². The van der Waals surface area contributed by atoms with Crippen LogP contribution in [0, 0.1) is 0 Å². The molecule has 36 heavy (non-hydrogen) atoms. The van der Waals surface area contributed by atoms with Crippen LogP contribution in [0.5, 0.6) is 0 Å².